The first kappa shape index (κ1) is 14.1. The lowest BCUT2D eigenvalue weighted by Gasteiger charge is -2.16. The smallest absolute Gasteiger partial charge is 0.317 e. The number of hydrogen-bond acceptors (Lipinski definition) is 5. The number of nitrogens with zero attached hydrogens (tertiary/aromatic N) is 3. The number of carboxylic acid groups (broad SMARTS) is 1. The molecule has 0 amide bonds. The minimum Gasteiger partial charge on any atom is -0.480 e. The second kappa shape index (κ2) is 5.87. The fourth-order valence-electron chi connectivity index (χ4n) is 2.89. The first-order chi connectivity index (χ1) is 10.1. The molecule has 2 heterocycles. The summed E-state index contributed by atoms with van der Waals surface area (Å²) >= 11 is 1.29. The monoisotopic (exact) mass is 307 g/mol. The van der Waals surface area contributed by atoms with Gasteiger partial charge in [0.25, 0.3) is 0 Å². The van der Waals surface area contributed by atoms with Gasteiger partial charge in [0.05, 0.1) is 12.2 Å². The zero-order chi connectivity index (χ0) is 14.8. The topological polar surface area (TPSA) is 66.3 Å². The van der Waals surface area contributed by atoms with E-state index in [2.05, 4.69) is 9.59 Å². The standard InChI is InChI=1S/C14H14FN3O2S/c15-10-3-1-9(2-4-10)11-5-18(7-14(19)20)6-12(11)13-8-21-17-16-13/h1-4,8,11-12H,5-7H2,(H,19,20)/t11-,12+/m1/s1. The Bertz CT molecular complexity index is 618. The largest absolute Gasteiger partial charge is 0.480 e. The fourth-order valence-corrected chi connectivity index (χ4v) is 3.40. The molecule has 0 unspecified atom stereocenters. The van der Waals surface area contributed by atoms with Crippen LogP contribution in [-0.2, 0) is 4.79 Å². The highest BCUT2D eigenvalue weighted by Crippen LogP contribution is 2.39. The number of aliphatic carboxylic acids is 1. The number of halogens is 1. The average molecular weight is 307 g/mol. The molecule has 1 N–H and O–H groups in total. The third kappa shape index (κ3) is 3.08. The molecular weight excluding hydrogens is 293 g/mol. The molecule has 110 valence electrons. The van der Waals surface area contributed by atoms with E-state index in [1.165, 1.54) is 23.7 Å². The van der Waals surface area contributed by atoms with Crippen molar-refractivity contribution in [3.63, 3.8) is 0 Å². The maximum absolute atomic E-state index is 13.1. The van der Waals surface area contributed by atoms with E-state index in [-0.39, 0.29) is 24.2 Å². The number of rotatable bonds is 4. The molecule has 1 aliphatic rings. The fraction of sp³-hybridized carbons (Fsp3) is 0.357. The zero-order valence-electron chi connectivity index (χ0n) is 11.1. The van der Waals surface area contributed by atoms with Crippen molar-refractivity contribution in [2.45, 2.75) is 11.8 Å². The molecule has 7 heteroatoms. The summed E-state index contributed by atoms with van der Waals surface area (Å²) in [5.74, 6) is -0.918. The Morgan fingerprint density at radius 2 is 2.05 bits per heavy atom. The summed E-state index contributed by atoms with van der Waals surface area (Å²) in [5, 5.41) is 15.0. The van der Waals surface area contributed by atoms with Crippen molar-refractivity contribution in [1.29, 1.82) is 0 Å². The van der Waals surface area contributed by atoms with Gasteiger partial charge in [0.2, 0.25) is 0 Å². The molecule has 0 spiro atoms. The number of carboxylic acids is 1. The van der Waals surface area contributed by atoms with E-state index >= 15 is 0 Å². The maximum Gasteiger partial charge on any atom is 0.317 e. The summed E-state index contributed by atoms with van der Waals surface area (Å²) in [7, 11) is 0. The van der Waals surface area contributed by atoms with E-state index in [1.807, 2.05) is 10.3 Å². The highest BCUT2D eigenvalue weighted by molar-refractivity contribution is 7.03. The van der Waals surface area contributed by atoms with Gasteiger partial charge in [-0.25, -0.2) is 4.39 Å². The van der Waals surface area contributed by atoms with Crippen LogP contribution in [-0.4, -0.2) is 45.2 Å². The van der Waals surface area contributed by atoms with Gasteiger partial charge in [0.15, 0.2) is 0 Å². The Morgan fingerprint density at radius 1 is 1.33 bits per heavy atom. The summed E-state index contributed by atoms with van der Waals surface area (Å²) in [6.45, 7) is 1.26. The predicted octanol–water partition coefficient (Wildman–Crippen LogP) is 1.94. The Labute approximate surface area is 125 Å². The molecule has 0 saturated carbocycles. The minimum atomic E-state index is -0.843. The predicted molar refractivity (Wildman–Crippen MR) is 75.9 cm³/mol. The van der Waals surface area contributed by atoms with E-state index in [0.29, 0.717) is 13.1 Å². The molecule has 2 aromatic rings. The van der Waals surface area contributed by atoms with Crippen molar-refractivity contribution in [2.75, 3.05) is 19.6 Å². The number of hydrogen-bond donors (Lipinski definition) is 1. The third-order valence-corrected chi connectivity index (χ3v) is 4.33. The van der Waals surface area contributed by atoms with Gasteiger partial charge < -0.3 is 5.11 Å². The van der Waals surface area contributed by atoms with Crippen molar-refractivity contribution in [3.8, 4) is 0 Å². The molecule has 0 aliphatic carbocycles. The lowest BCUT2D eigenvalue weighted by atomic mass is 9.87. The first-order valence-corrected chi connectivity index (χ1v) is 7.43. The Morgan fingerprint density at radius 3 is 2.67 bits per heavy atom. The minimum absolute atomic E-state index is 0.00571. The molecule has 0 radical (unpaired) electrons. The second-order valence-corrected chi connectivity index (χ2v) is 5.79. The molecule has 0 bridgehead atoms. The number of benzene rings is 1. The van der Waals surface area contributed by atoms with Crippen LogP contribution in [0.3, 0.4) is 0 Å². The molecular formula is C14H14FN3O2S. The van der Waals surface area contributed by atoms with Gasteiger partial charge in [0, 0.05) is 30.3 Å². The van der Waals surface area contributed by atoms with Crippen LogP contribution < -0.4 is 0 Å². The summed E-state index contributed by atoms with van der Waals surface area (Å²) in [5.41, 5.74) is 1.88. The van der Waals surface area contributed by atoms with E-state index in [0.717, 1.165) is 11.3 Å². The molecule has 1 aromatic carbocycles. The van der Waals surface area contributed by atoms with Crippen LogP contribution in [0, 0.1) is 5.82 Å². The summed E-state index contributed by atoms with van der Waals surface area (Å²) in [4.78, 5) is 12.8. The van der Waals surface area contributed by atoms with Crippen molar-refractivity contribution in [3.05, 3.63) is 46.7 Å². The number of aromatic nitrogens is 2. The van der Waals surface area contributed by atoms with Crippen molar-refractivity contribution in [1.82, 2.24) is 14.5 Å². The maximum atomic E-state index is 13.1. The molecule has 1 fully saturated rings. The van der Waals surface area contributed by atoms with Crippen LogP contribution >= 0.6 is 11.5 Å². The SMILES string of the molecule is O=C(O)CN1C[C@H](c2ccc(F)cc2)[C@@H](c2csnn2)C1. The van der Waals surface area contributed by atoms with Gasteiger partial charge in [-0.1, -0.05) is 16.6 Å². The average Bonchev–Trinajstić information content (AvgIpc) is 3.07. The van der Waals surface area contributed by atoms with Crippen LogP contribution in [0.15, 0.2) is 29.6 Å². The van der Waals surface area contributed by atoms with Crippen molar-refractivity contribution < 1.29 is 14.3 Å². The van der Waals surface area contributed by atoms with Crippen LogP contribution in [0.1, 0.15) is 23.1 Å². The van der Waals surface area contributed by atoms with Crippen LogP contribution in [0.2, 0.25) is 0 Å². The van der Waals surface area contributed by atoms with E-state index in [9.17, 15) is 9.18 Å². The number of likely N-dealkylation sites (tertiary alicyclic amines) is 1. The quantitative estimate of drug-likeness (QED) is 0.935. The highest BCUT2D eigenvalue weighted by Gasteiger charge is 2.36. The normalized spacial score (nSPS) is 22.5. The molecule has 1 aliphatic heterocycles. The van der Waals surface area contributed by atoms with E-state index in [4.69, 9.17) is 5.11 Å². The lowest BCUT2D eigenvalue weighted by molar-refractivity contribution is -0.138. The summed E-state index contributed by atoms with van der Waals surface area (Å²) < 4.78 is 17.0. The zero-order valence-corrected chi connectivity index (χ0v) is 12.0. The van der Waals surface area contributed by atoms with Gasteiger partial charge in [0.1, 0.15) is 5.82 Å². The Hall–Kier alpha value is -1.86. The van der Waals surface area contributed by atoms with Gasteiger partial charge in [-0.15, -0.1) is 5.10 Å². The van der Waals surface area contributed by atoms with Gasteiger partial charge in [-0.05, 0) is 29.2 Å². The summed E-state index contributed by atoms with van der Waals surface area (Å²) in [6, 6.07) is 6.39. The second-order valence-electron chi connectivity index (χ2n) is 5.18. The van der Waals surface area contributed by atoms with Crippen LogP contribution in [0.5, 0.6) is 0 Å². The highest BCUT2D eigenvalue weighted by atomic mass is 32.1. The first-order valence-electron chi connectivity index (χ1n) is 6.60. The third-order valence-electron chi connectivity index (χ3n) is 3.81. The van der Waals surface area contributed by atoms with Gasteiger partial charge in [-0.3, -0.25) is 9.69 Å². The van der Waals surface area contributed by atoms with E-state index in [1.54, 1.807) is 12.1 Å². The Balaban J connectivity index is 1.87. The van der Waals surface area contributed by atoms with Crippen molar-refractivity contribution in [2.24, 2.45) is 0 Å². The van der Waals surface area contributed by atoms with Gasteiger partial charge >= 0.3 is 5.97 Å². The van der Waals surface area contributed by atoms with Crippen LogP contribution in [0.25, 0.3) is 0 Å². The molecule has 21 heavy (non-hydrogen) atoms. The molecule has 2 atom stereocenters. The molecule has 5 nitrogen and oxygen atoms in total. The van der Waals surface area contributed by atoms with Gasteiger partial charge in [-0.2, -0.15) is 0 Å². The summed E-state index contributed by atoms with van der Waals surface area (Å²) in [6.07, 6.45) is 0. The molecule has 1 aromatic heterocycles. The van der Waals surface area contributed by atoms with Crippen LogP contribution in [0.4, 0.5) is 4.39 Å². The van der Waals surface area contributed by atoms with Crippen molar-refractivity contribution >= 4 is 17.5 Å². The van der Waals surface area contributed by atoms with E-state index < -0.39 is 5.97 Å². The Kier molecular flexibility index (Phi) is 3.94. The molecule has 1 saturated heterocycles. The molecule has 3 rings (SSSR count). The lowest BCUT2D eigenvalue weighted by Crippen LogP contribution is -2.27. The number of carbonyl (C=O) groups is 1.